The Bertz CT molecular complexity index is 491. The number of rotatable bonds is 8. The Labute approximate surface area is 139 Å². The molecule has 22 heavy (non-hydrogen) atoms. The maximum atomic E-state index is 12.0. The molecule has 1 fully saturated rings. The summed E-state index contributed by atoms with van der Waals surface area (Å²) in [6.07, 6.45) is 3.54. The fraction of sp³-hybridized carbons (Fsp3) is 0.588. The van der Waals surface area contributed by atoms with Gasteiger partial charge in [0.15, 0.2) is 0 Å². The Morgan fingerprint density at radius 1 is 1.45 bits per heavy atom. The summed E-state index contributed by atoms with van der Waals surface area (Å²) >= 11 is 0. The summed E-state index contributed by atoms with van der Waals surface area (Å²) < 4.78 is 5.65. The van der Waals surface area contributed by atoms with E-state index in [-0.39, 0.29) is 23.9 Å². The zero-order valence-corrected chi connectivity index (χ0v) is 14.2. The molecule has 4 nitrogen and oxygen atoms in total. The van der Waals surface area contributed by atoms with Gasteiger partial charge in [-0.3, -0.25) is 4.79 Å². The van der Waals surface area contributed by atoms with Crippen LogP contribution in [0, 0.1) is 12.8 Å². The number of benzene rings is 1. The van der Waals surface area contributed by atoms with Crippen molar-refractivity contribution in [3.8, 4) is 5.75 Å². The van der Waals surface area contributed by atoms with Gasteiger partial charge < -0.3 is 15.8 Å². The molecule has 1 aromatic carbocycles. The van der Waals surface area contributed by atoms with Gasteiger partial charge in [0.1, 0.15) is 5.75 Å². The van der Waals surface area contributed by atoms with E-state index in [9.17, 15) is 4.79 Å². The van der Waals surface area contributed by atoms with Crippen molar-refractivity contribution in [3.05, 3.63) is 29.8 Å². The van der Waals surface area contributed by atoms with Crippen LogP contribution in [0.3, 0.4) is 0 Å². The van der Waals surface area contributed by atoms with E-state index in [2.05, 4.69) is 5.32 Å². The molecule has 1 atom stereocenters. The number of amides is 1. The van der Waals surface area contributed by atoms with E-state index < -0.39 is 0 Å². The average molecular weight is 327 g/mol. The summed E-state index contributed by atoms with van der Waals surface area (Å²) in [6.45, 7) is 5.14. The number of hydrogen-bond donors (Lipinski definition) is 2. The maximum absolute atomic E-state index is 12.0. The molecular formula is C17H27ClN2O2. The monoisotopic (exact) mass is 326 g/mol. The fourth-order valence-corrected chi connectivity index (χ4v) is 2.55. The molecule has 1 aliphatic rings. The van der Waals surface area contributed by atoms with Crippen LogP contribution in [-0.4, -0.2) is 24.6 Å². The van der Waals surface area contributed by atoms with Gasteiger partial charge in [-0.25, -0.2) is 0 Å². The zero-order chi connectivity index (χ0) is 15.3. The van der Waals surface area contributed by atoms with Crippen LogP contribution >= 0.6 is 12.4 Å². The van der Waals surface area contributed by atoms with Crippen molar-refractivity contribution in [1.82, 2.24) is 5.32 Å². The van der Waals surface area contributed by atoms with E-state index >= 15 is 0 Å². The minimum absolute atomic E-state index is 0. The number of nitrogens with one attached hydrogen (secondary N) is 1. The molecule has 1 aliphatic carbocycles. The maximum Gasteiger partial charge on any atom is 0.220 e. The Kier molecular flexibility index (Phi) is 7.17. The third kappa shape index (κ3) is 5.50. The Hall–Kier alpha value is -1.26. The number of halogens is 1. The molecule has 0 aromatic heterocycles. The molecule has 0 heterocycles. The van der Waals surface area contributed by atoms with E-state index in [1.807, 2.05) is 38.1 Å². The average Bonchev–Trinajstić information content (AvgIpc) is 3.28. The van der Waals surface area contributed by atoms with Crippen LogP contribution in [0.25, 0.3) is 0 Å². The summed E-state index contributed by atoms with van der Waals surface area (Å²) in [4.78, 5) is 12.0. The second-order valence-corrected chi connectivity index (χ2v) is 6.21. The van der Waals surface area contributed by atoms with E-state index in [1.165, 1.54) is 18.4 Å². The normalized spacial score (nSPS) is 16.3. The highest BCUT2D eigenvalue weighted by Gasteiger charge is 2.41. The van der Waals surface area contributed by atoms with Crippen LogP contribution in [0.15, 0.2) is 24.3 Å². The molecule has 3 N–H and O–H groups in total. The lowest BCUT2D eigenvalue weighted by molar-refractivity contribution is -0.123. The highest BCUT2D eigenvalue weighted by atomic mass is 35.5. The van der Waals surface area contributed by atoms with Gasteiger partial charge in [0.2, 0.25) is 5.91 Å². The first-order valence-electron chi connectivity index (χ1n) is 7.74. The summed E-state index contributed by atoms with van der Waals surface area (Å²) in [5.41, 5.74) is 6.75. The van der Waals surface area contributed by atoms with Crippen molar-refractivity contribution in [1.29, 1.82) is 0 Å². The first-order valence-corrected chi connectivity index (χ1v) is 7.74. The van der Waals surface area contributed by atoms with Crippen molar-refractivity contribution in [2.75, 3.05) is 13.2 Å². The minimum atomic E-state index is -0.228. The molecule has 0 saturated heterocycles. The first-order chi connectivity index (χ1) is 10.0. The number of hydrogen-bond acceptors (Lipinski definition) is 3. The molecule has 2 rings (SSSR count). The van der Waals surface area contributed by atoms with Crippen LogP contribution in [0.4, 0.5) is 0 Å². The minimum Gasteiger partial charge on any atom is -0.494 e. The summed E-state index contributed by atoms with van der Waals surface area (Å²) in [7, 11) is 0. The van der Waals surface area contributed by atoms with Crippen LogP contribution < -0.4 is 15.8 Å². The summed E-state index contributed by atoms with van der Waals surface area (Å²) in [6, 6.07) is 7.94. The third-order valence-electron chi connectivity index (χ3n) is 4.13. The highest BCUT2D eigenvalue weighted by molar-refractivity contribution is 5.85. The lowest BCUT2D eigenvalue weighted by Gasteiger charge is -2.29. The topological polar surface area (TPSA) is 64.3 Å². The van der Waals surface area contributed by atoms with Crippen molar-refractivity contribution >= 4 is 18.3 Å². The molecule has 1 aromatic rings. The van der Waals surface area contributed by atoms with Gasteiger partial charge in [-0.1, -0.05) is 12.1 Å². The molecule has 0 spiro atoms. The van der Waals surface area contributed by atoms with Crippen molar-refractivity contribution in [2.45, 2.75) is 45.1 Å². The fourth-order valence-electron chi connectivity index (χ4n) is 2.55. The summed E-state index contributed by atoms with van der Waals surface area (Å²) in [5, 5.41) is 3.09. The van der Waals surface area contributed by atoms with Crippen molar-refractivity contribution < 1.29 is 9.53 Å². The van der Waals surface area contributed by atoms with Crippen molar-refractivity contribution in [3.63, 3.8) is 0 Å². The molecule has 1 saturated carbocycles. The molecule has 0 radical (unpaired) electrons. The second-order valence-electron chi connectivity index (χ2n) is 6.21. The number of nitrogens with two attached hydrogens (primary N) is 1. The van der Waals surface area contributed by atoms with E-state index in [1.54, 1.807) is 0 Å². The smallest absolute Gasteiger partial charge is 0.220 e. The molecule has 5 heteroatoms. The van der Waals surface area contributed by atoms with Crippen LogP contribution in [0.1, 0.15) is 38.2 Å². The first kappa shape index (κ1) is 18.8. The largest absolute Gasteiger partial charge is 0.494 e. The number of aryl methyl sites for hydroxylation is 1. The van der Waals surface area contributed by atoms with Crippen molar-refractivity contribution in [2.24, 2.45) is 11.7 Å². The van der Waals surface area contributed by atoms with E-state index in [0.717, 1.165) is 5.75 Å². The Balaban J connectivity index is 0.00000242. The van der Waals surface area contributed by atoms with Gasteiger partial charge in [-0.2, -0.15) is 0 Å². The van der Waals surface area contributed by atoms with E-state index in [4.69, 9.17) is 10.5 Å². The molecule has 0 aliphatic heterocycles. The van der Waals surface area contributed by atoms with Gasteiger partial charge in [-0.05, 0) is 56.7 Å². The SMILES string of the molecule is Cc1cccc(OCCCC(=O)NC(C)(CN)C2CC2)c1.Cl. The predicted octanol–water partition coefficient (Wildman–Crippen LogP) is 2.82. The van der Waals surface area contributed by atoms with Gasteiger partial charge in [-0.15, -0.1) is 12.4 Å². The number of carbonyl (C=O) groups excluding carboxylic acids is 1. The molecule has 124 valence electrons. The highest BCUT2D eigenvalue weighted by Crippen LogP contribution is 2.38. The van der Waals surface area contributed by atoms with E-state index in [0.29, 0.717) is 31.9 Å². The van der Waals surface area contributed by atoms with Crippen LogP contribution in [-0.2, 0) is 4.79 Å². The van der Waals surface area contributed by atoms with Crippen LogP contribution in [0.5, 0.6) is 5.75 Å². The zero-order valence-electron chi connectivity index (χ0n) is 13.4. The molecule has 1 amide bonds. The standard InChI is InChI=1S/C17H26N2O2.ClH/c1-13-5-3-6-15(11-13)21-10-4-7-16(20)19-17(2,12-18)14-8-9-14;/h3,5-6,11,14H,4,7-10,12,18H2,1-2H3,(H,19,20);1H. The molecular weight excluding hydrogens is 300 g/mol. The number of carbonyl (C=O) groups is 1. The van der Waals surface area contributed by atoms with Gasteiger partial charge in [0.25, 0.3) is 0 Å². The molecule has 0 bridgehead atoms. The second kappa shape index (κ2) is 8.39. The number of ether oxygens (including phenoxy) is 1. The Morgan fingerprint density at radius 3 is 2.77 bits per heavy atom. The quantitative estimate of drug-likeness (QED) is 0.722. The third-order valence-corrected chi connectivity index (χ3v) is 4.13. The molecule has 1 unspecified atom stereocenters. The lowest BCUT2D eigenvalue weighted by Crippen LogP contribution is -2.53. The van der Waals surface area contributed by atoms with Gasteiger partial charge in [0.05, 0.1) is 12.1 Å². The Morgan fingerprint density at radius 2 is 2.18 bits per heavy atom. The summed E-state index contributed by atoms with van der Waals surface area (Å²) in [5.74, 6) is 1.48. The van der Waals surface area contributed by atoms with Crippen LogP contribution in [0.2, 0.25) is 0 Å². The van der Waals surface area contributed by atoms with Gasteiger partial charge in [0, 0.05) is 13.0 Å². The lowest BCUT2D eigenvalue weighted by atomic mass is 9.95. The van der Waals surface area contributed by atoms with Gasteiger partial charge >= 0.3 is 0 Å². The predicted molar refractivity (Wildman–Crippen MR) is 91.5 cm³/mol.